The van der Waals surface area contributed by atoms with Gasteiger partial charge in [-0.05, 0) is 35.9 Å². The third kappa shape index (κ3) is 5.15. The molecule has 0 saturated heterocycles. The summed E-state index contributed by atoms with van der Waals surface area (Å²) in [5.41, 5.74) is 6.08. The number of nitrogen functional groups attached to an aromatic ring is 1. The molecule has 0 bridgehead atoms. The molecule has 0 radical (unpaired) electrons. The summed E-state index contributed by atoms with van der Waals surface area (Å²) in [6, 6.07) is 5.36. The summed E-state index contributed by atoms with van der Waals surface area (Å²) in [4.78, 5) is 20.5. The van der Waals surface area contributed by atoms with Crippen LogP contribution in [0.2, 0.25) is 5.02 Å². The number of nitrogens with zero attached hydrogens (tertiary/aromatic N) is 4. The second-order valence-corrected chi connectivity index (χ2v) is 9.96. The minimum atomic E-state index is -1.32. The van der Waals surface area contributed by atoms with Crippen molar-refractivity contribution < 1.29 is 18.0 Å². The summed E-state index contributed by atoms with van der Waals surface area (Å²) < 4.78 is 43.2. The second-order valence-electron chi connectivity index (χ2n) is 8.66. The van der Waals surface area contributed by atoms with E-state index in [0.29, 0.717) is 26.7 Å². The summed E-state index contributed by atoms with van der Waals surface area (Å²) in [7, 11) is 0. The predicted molar refractivity (Wildman–Crippen MR) is 129 cm³/mol. The van der Waals surface area contributed by atoms with E-state index in [0.717, 1.165) is 6.07 Å². The Morgan fingerprint density at radius 1 is 1.20 bits per heavy atom. The molecule has 1 aromatic heterocycles. The molecule has 0 saturated carbocycles. The number of nitrogens with one attached hydrogen (secondary N) is 1. The molecule has 4 rings (SSSR count). The van der Waals surface area contributed by atoms with Gasteiger partial charge in [0.15, 0.2) is 11.6 Å². The van der Waals surface area contributed by atoms with Crippen molar-refractivity contribution in [2.45, 2.75) is 38.1 Å². The predicted octanol–water partition coefficient (Wildman–Crippen LogP) is 6.58. The van der Waals surface area contributed by atoms with Crippen molar-refractivity contribution in [1.29, 1.82) is 0 Å². The lowest BCUT2D eigenvalue weighted by atomic mass is 9.79. The van der Waals surface area contributed by atoms with Gasteiger partial charge in [0.05, 0.1) is 0 Å². The molecule has 0 spiro atoms. The molecule has 1 amide bonds. The summed E-state index contributed by atoms with van der Waals surface area (Å²) >= 11 is 9.51. The highest BCUT2D eigenvalue weighted by Crippen LogP contribution is 2.40. The zero-order valence-corrected chi connectivity index (χ0v) is 20.9. The van der Waals surface area contributed by atoms with Crippen molar-refractivity contribution in [3.05, 3.63) is 74.0 Å². The van der Waals surface area contributed by atoms with Crippen LogP contribution in [0.1, 0.15) is 43.0 Å². The van der Waals surface area contributed by atoms with Crippen molar-refractivity contribution in [3.8, 4) is 0 Å². The fourth-order valence-electron chi connectivity index (χ4n) is 3.99. The van der Waals surface area contributed by atoms with Gasteiger partial charge < -0.3 is 11.1 Å². The number of aromatic nitrogens is 2. The molecule has 1 atom stereocenters. The summed E-state index contributed by atoms with van der Waals surface area (Å²) in [6.45, 7) is 3.69. The first kappa shape index (κ1) is 25.1. The second kappa shape index (κ2) is 9.54. The number of carbonyl (C=O) groups is 1. The molecule has 7 nitrogen and oxygen atoms in total. The lowest BCUT2D eigenvalue weighted by Crippen LogP contribution is -2.34. The van der Waals surface area contributed by atoms with Gasteiger partial charge in [-0.2, -0.15) is 15.1 Å². The topological polar surface area (TPSA) is 106 Å². The zero-order valence-electron chi connectivity index (χ0n) is 18.5. The van der Waals surface area contributed by atoms with Crippen molar-refractivity contribution >= 4 is 51.0 Å². The molecule has 1 unspecified atom stereocenters. The van der Waals surface area contributed by atoms with Crippen LogP contribution >= 0.6 is 27.5 Å². The SMILES string of the molecule is CC1(C)CC(=O)Nc2nc(N=NC(Cc3c(F)ccc(F)c3F)c3cc(Cl)ccc3Br)nc(N)c21. The van der Waals surface area contributed by atoms with Gasteiger partial charge in [-0.15, -0.1) is 5.11 Å². The Balaban J connectivity index is 1.77. The Labute approximate surface area is 212 Å². The number of nitrogens with two attached hydrogens (primary N) is 1. The van der Waals surface area contributed by atoms with Gasteiger partial charge in [0.2, 0.25) is 5.91 Å². The molecule has 12 heteroatoms. The number of anilines is 2. The third-order valence-corrected chi connectivity index (χ3v) is 6.56. The number of azo groups is 1. The van der Waals surface area contributed by atoms with Crippen molar-refractivity contribution in [2.24, 2.45) is 10.2 Å². The van der Waals surface area contributed by atoms with E-state index < -0.39 is 34.5 Å². The Bertz CT molecular complexity index is 1370. The maximum absolute atomic E-state index is 14.4. The Morgan fingerprint density at radius 3 is 2.66 bits per heavy atom. The first-order valence-electron chi connectivity index (χ1n) is 10.4. The van der Waals surface area contributed by atoms with Crippen LogP contribution in [-0.2, 0) is 16.6 Å². The minimum absolute atomic E-state index is 0.122. The molecule has 3 aromatic rings. The molecule has 0 fully saturated rings. The number of hydrogen-bond donors (Lipinski definition) is 2. The van der Waals surface area contributed by atoms with Gasteiger partial charge in [0.1, 0.15) is 23.5 Å². The van der Waals surface area contributed by atoms with Crippen LogP contribution in [-0.4, -0.2) is 15.9 Å². The van der Waals surface area contributed by atoms with E-state index in [4.69, 9.17) is 17.3 Å². The maximum atomic E-state index is 14.4. The Morgan fingerprint density at radius 2 is 1.91 bits per heavy atom. The first-order valence-corrected chi connectivity index (χ1v) is 11.6. The lowest BCUT2D eigenvalue weighted by Gasteiger charge is -2.31. The molecular weight excluding hydrogens is 549 g/mol. The van der Waals surface area contributed by atoms with E-state index in [1.165, 1.54) is 0 Å². The van der Waals surface area contributed by atoms with Gasteiger partial charge in [0, 0.05) is 38.9 Å². The quantitative estimate of drug-likeness (QED) is 0.268. The average molecular weight is 568 g/mol. The number of rotatable bonds is 5. The van der Waals surface area contributed by atoms with Crippen molar-refractivity contribution in [1.82, 2.24) is 9.97 Å². The molecule has 1 aliphatic heterocycles. The highest BCUT2D eigenvalue weighted by Gasteiger charge is 2.36. The van der Waals surface area contributed by atoms with Crippen LogP contribution in [0.5, 0.6) is 0 Å². The average Bonchev–Trinajstić information content (AvgIpc) is 2.76. The van der Waals surface area contributed by atoms with Crippen LogP contribution < -0.4 is 11.1 Å². The number of carbonyl (C=O) groups excluding carboxylic acids is 1. The Kier molecular flexibility index (Phi) is 6.83. The number of amides is 1. The fourth-order valence-corrected chi connectivity index (χ4v) is 4.68. The van der Waals surface area contributed by atoms with Gasteiger partial charge in [0.25, 0.3) is 5.95 Å². The number of benzene rings is 2. The Hall–Kier alpha value is -3.05. The van der Waals surface area contributed by atoms with E-state index in [1.54, 1.807) is 18.2 Å². The number of halogens is 5. The van der Waals surface area contributed by atoms with Gasteiger partial charge >= 0.3 is 0 Å². The standard InChI is InChI=1S/C23H19BrClF3N6O/c1-23(2)9-17(35)30-21-18(23)20(29)31-22(32-21)34-33-16(11-7-10(25)3-4-13(11)24)8-12-14(26)5-6-15(27)19(12)28/h3-7,16H,8-9H2,1-2H3,(H3,29,30,31,32,35). The lowest BCUT2D eigenvalue weighted by molar-refractivity contribution is -0.117. The molecule has 182 valence electrons. The van der Waals surface area contributed by atoms with Crippen LogP contribution in [0.25, 0.3) is 0 Å². The third-order valence-electron chi connectivity index (χ3n) is 5.60. The van der Waals surface area contributed by atoms with Crippen LogP contribution in [0, 0.1) is 17.5 Å². The van der Waals surface area contributed by atoms with Crippen molar-refractivity contribution in [2.75, 3.05) is 11.1 Å². The van der Waals surface area contributed by atoms with Gasteiger partial charge in [-0.25, -0.2) is 13.2 Å². The van der Waals surface area contributed by atoms with Gasteiger partial charge in [-0.1, -0.05) is 41.4 Å². The molecule has 3 N–H and O–H groups in total. The zero-order chi connectivity index (χ0) is 25.5. The molecule has 2 heterocycles. The van der Waals surface area contributed by atoms with Crippen LogP contribution in [0.4, 0.5) is 30.8 Å². The highest BCUT2D eigenvalue weighted by atomic mass is 79.9. The molecule has 35 heavy (non-hydrogen) atoms. The molecule has 1 aliphatic rings. The monoisotopic (exact) mass is 566 g/mol. The largest absolute Gasteiger partial charge is 0.383 e. The van der Waals surface area contributed by atoms with E-state index in [9.17, 15) is 18.0 Å². The van der Waals surface area contributed by atoms with Crippen LogP contribution in [0.15, 0.2) is 45.0 Å². The summed E-state index contributed by atoms with van der Waals surface area (Å²) in [6.07, 6.45) is -0.161. The summed E-state index contributed by atoms with van der Waals surface area (Å²) in [5.74, 6) is -3.49. The normalized spacial score (nSPS) is 15.7. The molecule has 0 aliphatic carbocycles. The van der Waals surface area contributed by atoms with E-state index in [1.807, 2.05) is 13.8 Å². The molecule has 2 aromatic carbocycles. The van der Waals surface area contributed by atoms with E-state index in [-0.39, 0.29) is 36.3 Å². The van der Waals surface area contributed by atoms with Crippen LogP contribution in [0.3, 0.4) is 0 Å². The van der Waals surface area contributed by atoms with E-state index >= 15 is 0 Å². The number of hydrogen-bond acceptors (Lipinski definition) is 6. The number of fused-ring (bicyclic) bond motifs is 1. The van der Waals surface area contributed by atoms with Crippen molar-refractivity contribution in [3.63, 3.8) is 0 Å². The maximum Gasteiger partial charge on any atom is 0.272 e. The summed E-state index contributed by atoms with van der Waals surface area (Å²) in [5, 5.41) is 11.3. The minimum Gasteiger partial charge on any atom is -0.383 e. The fraction of sp³-hybridized carbons (Fsp3) is 0.261. The smallest absolute Gasteiger partial charge is 0.272 e. The van der Waals surface area contributed by atoms with Gasteiger partial charge in [-0.3, -0.25) is 4.79 Å². The van der Waals surface area contributed by atoms with E-state index in [2.05, 4.69) is 41.4 Å². The highest BCUT2D eigenvalue weighted by molar-refractivity contribution is 9.10. The first-order chi connectivity index (χ1) is 16.5. The molecular formula is C23H19BrClF3N6O.